The number of nitriles is 1. The van der Waals surface area contributed by atoms with Gasteiger partial charge in [-0.05, 0) is 73.2 Å². The molecule has 8 heteroatoms. The van der Waals surface area contributed by atoms with Gasteiger partial charge in [0.2, 0.25) is 0 Å². The molecule has 1 heterocycles. The van der Waals surface area contributed by atoms with Crippen molar-refractivity contribution in [2.24, 2.45) is 0 Å². The Morgan fingerprint density at radius 1 is 1.27 bits per heavy atom. The lowest BCUT2D eigenvalue weighted by atomic mass is 9.97. The molecule has 2 N–H and O–H groups in total. The number of amides is 1. The molecule has 1 aliphatic rings. The van der Waals surface area contributed by atoms with E-state index in [1.54, 1.807) is 12.1 Å². The van der Waals surface area contributed by atoms with E-state index in [4.69, 9.17) is 0 Å². The Bertz CT molecular complexity index is 1090. The van der Waals surface area contributed by atoms with Crippen LogP contribution in [0.5, 0.6) is 0 Å². The van der Waals surface area contributed by atoms with Crippen molar-refractivity contribution < 1.29 is 17.6 Å². The lowest BCUT2D eigenvalue weighted by Gasteiger charge is -2.15. The largest absolute Gasteiger partial charge is 0.306 e. The summed E-state index contributed by atoms with van der Waals surface area (Å²) >= 11 is 0. The molecule has 1 aliphatic heterocycles. The standard InChI is InChI=1S/C22H24FN3O3S/c1-2-4-16-11-15(6-7-17(16)14-24)12-18-13-19(23)8-9-21(18)30(28,29)26-22(27)20-5-3-10-25-20/h6-9,11,13,20,25H,2-5,10,12H2,1H3,(H,26,27). The zero-order chi connectivity index (χ0) is 21.7. The van der Waals surface area contributed by atoms with Crippen LogP contribution in [0.25, 0.3) is 0 Å². The highest BCUT2D eigenvalue weighted by molar-refractivity contribution is 7.90. The first kappa shape index (κ1) is 21.9. The fraction of sp³-hybridized carbons (Fsp3) is 0.364. The normalized spacial score (nSPS) is 16.2. The third kappa shape index (κ3) is 5.04. The second kappa shape index (κ2) is 9.37. The molecule has 2 aromatic carbocycles. The fourth-order valence-corrected chi connectivity index (χ4v) is 4.92. The molecular formula is C22H24FN3O3S. The molecule has 1 atom stereocenters. The Morgan fingerprint density at radius 2 is 2.07 bits per heavy atom. The van der Waals surface area contributed by atoms with Gasteiger partial charge < -0.3 is 5.32 Å². The van der Waals surface area contributed by atoms with Crippen LogP contribution in [0, 0.1) is 17.1 Å². The summed E-state index contributed by atoms with van der Waals surface area (Å²) in [7, 11) is -4.16. The first-order chi connectivity index (χ1) is 14.3. The van der Waals surface area contributed by atoms with Crippen molar-refractivity contribution in [3.05, 3.63) is 64.5 Å². The third-order valence-corrected chi connectivity index (χ3v) is 6.58. The van der Waals surface area contributed by atoms with Crippen molar-refractivity contribution in [2.45, 2.75) is 50.0 Å². The van der Waals surface area contributed by atoms with Gasteiger partial charge in [-0.3, -0.25) is 4.79 Å². The number of hydrogen-bond donors (Lipinski definition) is 2. The van der Waals surface area contributed by atoms with Gasteiger partial charge in [-0.2, -0.15) is 5.26 Å². The molecule has 0 aliphatic carbocycles. The molecule has 3 rings (SSSR count). The fourth-order valence-electron chi connectivity index (χ4n) is 3.68. The minimum atomic E-state index is -4.16. The second-order valence-corrected chi connectivity index (χ2v) is 9.05. The number of aryl methyl sites for hydroxylation is 1. The van der Waals surface area contributed by atoms with Gasteiger partial charge in [0.05, 0.1) is 22.6 Å². The van der Waals surface area contributed by atoms with E-state index < -0.39 is 27.8 Å². The first-order valence-electron chi connectivity index (χ1n) is 9.94. The van der Waals surface area contributed by atoms with Crippen LogP contribution >= 0.6 is 0 Å². The molecule has 1 amide bonds. The summed E-state index contributed by atoms with van der Waals surface area (Å²) in [5.41, 5.74) is 2.47. The van der Waals surface area contributed by atoms with Gasteiger partial charge in [-0.1, -0.05) is 25.5 Å². The summed E-state index contributed by atoms with van der Waals surface area (Å²) in [5, 5.41) is 12.2. The van der Waals surface area contributed by atoms with Crippen LogP contribution in [-0.2, 0) is 27.7 Å². The van der Waals surface area contributed by atoms with Gasteiger partial charge in [0.15, 0.2) is 0 Å². The minimum absolute atomic E-state index is 0.128. The minimum Gasteiger partial charge on any atom is -0.306 e. The van der Waals surface area contributed by atoms with E-state index >= 15 is 0 Å². The Hall–Kier alpha value is -2.76. The van der Waals surface area contributed by atoms with Gasteiger partial charge in [0.25, 0.3) is 15.9 Å². The van der Waals surface area contributed by atoms with Gasteiger partial charge in [0, 0.05) is 0 Å². The van der Waals surface area contributed by atoms with E-state index in [1.807, 2.05) is 13.0 Å². The number of sulfonamides is 1. The molecule has 0 saturated carbocycles. The van der Waals surface area contributed by atoms with Gasteiger partial charge in [-0.25, -0.2) is 17.5 Å². The molecule has 6 nitrogen and oxygen atoms in total. The Balaban J connectivity index is 1.91. The Labute approximate surface area is 176 Å². The molecule has 1 saturated heterocycles. The topological polar surface area (TPSA) is 99.1 Å². The number of nitrogens with zero attached hydrogens (tertiary/aromatic N) is 1. The molecule has 1 fully saturated rings. The number of hydrogen-bond acceptors (Lipinski definition) is 5. The zero-order valence-electron chi connectivity index (χ0n) is 16.7. The van der Waals surface area contributed by atoms with Crippen LogP contribution in [0.15, 0.2) is 41.3 Å². The third-order valence-electron chi connectivity index (χ3n) is 5.13. The van der Waals surface area contributed by atoms with Crippen LogP contribution < -0.4 is 10.0 Å². The molecular weight excluding hydrogens is 405 g/mol. The molecule has 30 heavy (non-hydrogen) atoms. The summed E-state index contributed by atoms with van der Waals surface area (Å²) in [6.45, 7) is 2.67. The highest BCUT2D eigenvalue weighted by Gasteiger charge is 2.28. The second-order valence-electron chi connectivity index (χ2n) is 7.40. The molecule has 1 unspecified atom stereocenters. The number of rotatable bonds is 7. The molecule has 158 valence electrons. The first-order valence-corrected chi connectivity index (χ1v) is 11.4. The summed E-state index contributed by atoms with van der Waals surface area (Å²) < 4.78 is 41.8. The van der Waals surface area contributed by atoms with Crippen molar-refractivity contribution in [3.63, 3.8) is 0 Å². The quantitative estimate of drug-likeness (QED) is 0.705. The number of carbonyl (C=O) groups is 1. The summed E-state index contributed by atoms with van der Waals surface area (Å²) in [4.78, 5) is 12.2. The Kier molecular flexibility index (Phi) is 6.85. The van der Waals surface area contributed by atoms with Gasteiger partial charge in [-0.15, -0.1) is 0 Å². The predicted octanol–water partition coefficient (Wildman–Crippen LogP) is 2.80. The van der Waals surface area contributed by atoms with Crippen LogP contribution in [0.1, 0.15) is 48.4 Å². The summed E-state index contributed by atoms with van der Waals surface area (Å²) in [6, 6.07) is 10.3. The van der Waals surface area contributed by atoms with Crippen molar-refractivity contribution in [2.75, 3.05) is 6.54 Å². The van der Waals surface area contributed by atoms with E-state index in [0.29, 0.717) is 18.5 Å². The van der Waals surface area contributed by atoms with Crippen LogP contribution in [0.3, 0.4) is 0 Å². The van der Waals surface area contributed by atoms with Crippen molar-refractivity contribution >= 4 is 15.9 Å². The summed E-state index contributed by atoms with van der Waals surface area (Å²) in [5.74, 6) is -1.17. The SMILES string of the molecule is CCCc1cc(Cc2cc(F)ccc2S(=O)(=O)NC(=O)C2CCCN2)ccc1C#N. The summed E-state index contributed by atoms with van der Waals surface area (Å²) in [6.07, 6.45) is 3.11. The van der Waals surface area contributed by atoms with Gasteiger partial charge >= 0.3 is 0 Å². The number of halogens is 1. The maximum absolute atomic E-state index is 13.9. The Morgan fingerprint density at radius 3 is 2.73 bits per heavy atom. The van der Waals surface area contributed by atoms with Crippen molar-refractivity contribution in [1.29, 1.82) is 5.26 Å². The lowest BCUT2D eigenvalue weighted by molar-refractivity contribution is -0.121. The van der Waals surface area contributed by atoms with E-state index in [1.165, 1.54) is 12.1 Å². The van der Waals surface area contributed by atoms with Crippen LogP contribution in [0.2, 0.25) is 0 Å². The van der Waals surface area contributed by atoms with E-state index in [0.717, 1.165) is 36.5 Å². The average Bonchev–Trinajstić information content (AvgIpc) is 3.23. The average molecular weight is 430 g/mol. The van der Waals surface area contributed by atoms with Crippen LogP contribution in [-0.4, -0.2) is 26.9 Å². The zero-order valence-corrected chi connectivity index (χ0v) is 17.6. The van der Waals surface area contributed by atoms with Gasteiger partial charge in [0.1, 0.15) is 5.82 Å². The number of carbonyl (C=O) groups excluding carboxylic acids is 1. The lowest BCUT2D eigenvalue weighted by Crippen LogP contribution is -2.43. The molecule has 0 spiro atoms. The van der Waals surface area contributed by atoms with E-state index in [-0.39, 0.29) is 16.9 Å². The highest BCUT2D eigenvalue weighted by atomic mass is 32.2. The van der Waals surface area contributed by atoms with Crippen molar-refractivity contribution in [3.8, 4) is 6.07 Å². The monoisotopic (exact) mass is 429 g/mol. The predicted molar refractivity (Wildman–Crippen MR) is 111 cm³/mol. The number of benzene rings is 2. The van der Waals surface area contributed by atoms with E-state index in [9.17, 15) is 22.9 Å². The highest BCUT2D eigenvalue weighted by Crippen LogP contribution is 2.23. The molecule has 0 aromatic heterocycles. The van der Waals surface area contributed by atoms with Crippen molar-refractivity contribution in [1.82, 2.24) is 10.0 Å². The molecule has 2 aromatic rings. The van der Waals surface area contributed by atoms with Crippen LogP contribution in [0.4, 0.5) is 4.39 Å². The molecule has 0 radical (unpaired) electrons. The number of nitrogens with one attached hydrogen (secondary N) is 2. The smallest absolute Gasteiger partial charge is 0.264 e. The van der Waals surface area contributed by atoms with E-state index in [2.05, 4.69) is 16.1 Å². The molecule has 0 bridgehead atoms. The maximum atomic E-state index is 13.9. The maximum Gasteiger partial charge on any atom is 0.264 e.